The Morgan fingerprint density at radius 2 is 2.35 bits per heavy atom. The average Bonchev–Trinajstić information content (AvgIpc) is 2.72. The smallest absolute Gasteiger partial charge is 0.271 e. The van der Waals surface area contributed by atoms with Crippen molar-refractivity contribution in [3.63, 3.8) is 0 Å². The minimum atomic E-state index is -0.408. The number of H-pyrrole nitrogens is 1. The average molecular weight is 232 g/mol. The van der Waals surface area contributed by atoms with Gasteiger partial charge in [0.15, 0.2) is 0 Å². The van der Waals surface area contributed by atoms with Gasteiger partial charge in [0, 0.05) is 35.6 Å². The third-order valence-corrected chi connectivity index (χ3v) is 2.47. The third kappa shape index (κ3) is 2.60. The maximum atomic E-state index is 10.6. The number of nitrogens with zero attached hydrogens (tertiary/aromatic N) is 2. The first kappa shape index (κ1) is 11.1. The fraction of sp³-hybridized carbons (Fsp3) is 0.182. The zero-order valence-electron chi connectivity index (χ0n) is 9.30. The molecule has 1 heterocycles. The van der Waals surface area contributed by atoms with Crippen LogP contribution in [0.15, 0.2) is 30.5 Å². The van der Waals surface area contributed by atoms with Crippen molar-refractivity contribution in [2.45, 2.75) is 13.5 Å². The van der Waals surface area contributed by atoms with Crippen molar-refractivity contribution in [3.05, 3.63) is 51.8 Å². The zero-order chi connectivity index (χ0) is 12.3. The highest BCUT2D eigenvalue weighted by atomic mass is 16.6. The first-order chi connectivity index (χ1) is 8.16. The van der Waals surface area contributed by atoms with Gasteiger partial charge in [-0.3, -0.25) is 15.2 Å². The second kappa shape index (κ2) is 4.65. The minimum absolute atomic E-state index is 0.0823. The van der Waals surface area contributed by atoms with E-state index in [1.807, 2.05) is 6.92 Å². The molecule has 2 N–H and O–H groups in total. The van der Waals surface area contributed by atoms with Gasteiger partial charge < -0.3 is 5.32 Å². The fourth-order valence-corrected chi connectivity index (χ4v) is 1.48. The van der Waals surface area contributed by atoms with Crippen molar-refractivity contribution in [2.24, 2.45) is 0 Å². The van der Waals surface area contributed by atoms with Crippen LogP contribution in [0.1, 0.15) is 11.3 Å². The molecule has 6 nitrogen and oxygen atoms in total. The van der Waals surface area contributed by atoms with Crippen LogP contribution in [0.3, 0.4) is 0 Å². The van der Waals surface area contributed by atoms with E-state index in [1.165, 1.54) is 12.1 Å². The maximum Gasteiger partial charge on any atom is 0.271 e. The molecule has 0 saturated carbocycles. The topological polar surface area (TPSA) is 83.8 Å². The molecule has 88 valence electrons. The molecule has 0 spiro atoms. The number of rotatable bonds is 4. The Balaban J connectivity index is 2.07. The highest BCUT2D eigenvalue weighted by Crippen LogP contribution is 2.17. The second-order valence-electron chi connectivity index (χ2n) is 3.68. The number of aromatic nitrogens is 2. The molecular weight excluding hydrogens is 220 g/mol. The molecule has 0 aliphatic heterocycles. The summed E-state index contributed by atoms with van der Waals surface area (Å²) >= 11 is 0. The van der Waals surface area contributed by atoms with Crippen LogP contribution in [0.4, 0.5) is 11.4 Å². The number of nitro benzene ring substituents is 1. The summed E-state index contributed by atoms with van der Waals surface area (Å²) in [6, 6.07) is 6.43. The molecule has 0 radical (unpaired) electrons. The van der Waals surface area contributed by atoms with E-state index >= 15 is 0 Å². The number of aromatic amines is 1. The van der Waals surface area contributed by atoms with Gasteiger partial charge in [-0.15, -0.1) is 0 Å². The van der Waals surface area contributed by atoms with Crippen LogP contribution in [0.5, 0.6) is 0 Å². The summed E-state index contributed by atoms with van der Waals surface area (Å²) in [6.07, 6.45) is 1.74. The Labute approximate surface area is 97.8 Å². The molecular formula is C11H12N4O2. The number of aryl methyl sites for hydroxylation is 1. The van der Waals surface area contributed by atoms with Gasteiger partial charge in [0.25, 0.3) is 5.69 Å². The van der Waals surface area contributed by atoms with E-state index in [0.717, 1.165) is 16.9 Å². The van der Waals surface area contributed by atoms with Gasteiger partial charge in [0.2, 0.25) is 0 Å². The number of nitro groups is 1. The molecule has 0 amide bonds. The van der Waals surface area contributed by atoms with Crippen molar-refractivity contribution in [1.29, 1.82) is 0 Å². The van der Waals surface area contributed by atoms with Crippen molar-refractivity contribution < 1.29 is 4.92 Å². The van der Waals surface area contributed by atoms with Gasteiger partial charge >= 0.3 is 0 Å². The largest absolute Gasteiger partial charge is 0.381 e. The van der Waals surface area contributed by atoms with Gasteiger partial charge in [0.05, 0.1) is 11.1 Å². The van der Waals surface area contributed by atoms with E-state index in [-0.39, 0.29) is 5.69 Å². The summed E-state index contributed by atoms with van der Waals surface area (Å²) in [4.78, 5) is 10.2. The molecule has 17 heavy (non-hydrogen) atoms. The van der Waals surface area contributed by atoms with Crippen molar-refractivity contribution in [1.82, 2.24) is 10.2 Å². The fourth-order valence-electron chi connectivity index (χ4n) is 1.48. The molecule has 2 rings (SSSR count). The lowest BCUT2D eigenvalue weighted by molar-refractivity contribution is -0.384. The Kier molecular flexibility index (Phi) is 3.04. The first-order valence-corrected chi connectivity index (χ1v) is 5.14. The molecule has 0 atom stereocenters. The molecule has 0 fully saturated rings. The van der Waals surface area contributed by atoms with Crippen LogP contribution < -0.4 is 5.32 Å². The number of benzene rings is 1. The predicted molar refractivity (Wildman–Crippen MR) is 63.7 cm³/mol. The van der Waals surface area contributed by atoms with Gasteiger partial charge in [-0.2, -0.15) is 5.10 Å². The lowest BCUT2D eigenvalue weighted by Crippen LogP contribution is -2.00. The summed E-state index contributed by atoms with van der Waals surface area (Å²) in [7, 11) is 0. The molecule has 1 aromatic heterocycles. The van der Waals surface area contributed by atoms with Crippen LogP contribution in [-0.4, -0.2) is 15.1 Å². The van der Waals surface area contributed by atoms with Crippen LogP contribution in [-0.2, 0) is 6.54 Å². The van der Waals surface area contributed by atoms with Crippen LogP contribution in [0, 0.1) is 17.0 Å². The lowest BCUT2D eigenvalue weighted by atomic mass is 10.2. The molecule has 0 aliphatic carbocycles. The van der Waals surface area contributed by atoms with E-state index in [4.69, 9.17) is 0 Å². The van der Waals surface area contributed by atoms with Crippen LogP contribution in [0.25, 0.3) is 0 Å². The molecule has 0 aliphatic rings. The van der Waals surface area contributed by atoms with E-state index in [0.29, 0.717) is 6.54 Å². The van der Waals surface area contributed by atoms with E-state index in [9.17, 15) is 10.1 Å². The number of anilines is 1. The minimum Gasteiger partial charge on any atom is -0.381 e. The predicted octanol–water partition coefficient (Wildman–Crippen LogP) is 2.24. The van der Waals surface area contributed by atoms with Crippen LogP contribution in [0.2, 0.25) is 0 Å². The summed E-state index contributed by atoms with van der Waals surface area (Å²) in [5.74, 6) is 0. The molecule has 2 aromatic rings. The zero-order valence-corrected chi connectivity index (χ0v) is 9.30. The van der Waals surface area contributed by atoms with Gasteiger partial charge in [-0.05, 0) is 13.0 Å². The summed E-state index contributed by atoms with van der Waals surface area (Å²) in [5.41, 5.74) is 2.83. The SMILES string of the molecule is Cc1[nH]ncc1CNc1cccc([N+](=O)[O-])c1. The molecule has 6 heteroatoms. The quantitative estimate of drug-likeness (QED) is 0.625. The van der Waals surface area contributed by atoms with E-state index in [1.54, 1.807) is 18.3 Å². The van der Waals surface area contributed by atoms with Crippen LogP contribution >= 0.6 is 0 Å². The normalized spacial score (nSPS) is 10.2. The van der Waals surface area contributed by atoms with Crippen molar-refractivity contribution in [2.75, 3.05) is 5.32 Å². The van der Waals surface area contributed by atoms with Crippen molar-refractivity contribution >= 4 is 11.4 Å². The molecule has 1 aromatic carbocycles. The maximum absolute atomic E-state index is 10.6. The van der Waals surface area contributed by atoms with Crippen molar-refractivity contribution in [3.8, 4) is 0 Å². The van der Waals surface area contributed by atoms with Gasteiger partial charge in [-0.25, -0.2) is 0 Å². The monoisotopic (exact) mass is 232 g/mol. The molecule has 0 saturated heterocycles. The highest BCUT2D eigenvalue weighted by molar-refractivity contribution is 5.51. The number of nitrogens with one attached hydrogen (secondary N) is 2. The Morgan fingerprint density at radius 1 is 1.53 bits per heavy atom. The van der Waals surface area contributed by atoms with Gasteiger partial charge in [0.1, 0.15) is 0 Å². The molecule has 0 unspecified atom stereocenters. The number of hydrogen-bond acceptors (Lipinski definition) is 4. The van der Waals surface area contributed by atoms with E-state index < -0.39 is 4.92 Å². The highest BCUT2D eigenvalue weighted by Gasteiger charge is 2.06. The van der Waals surface area contributed by atoms with E-state index in [2.05, 4.69) is 15.5 Å². The first-order valence-electron chi connectivity index (χ1n) is 5.14. The number of hydrogen-bond donors (Lipinski definition) is 2. The Morgan fingerprint density at radius 3 is 3.00 bits per heavy atom. The summed E-state index contributed by atoms with van der Waals surface area (Å²) < 4.78 is 0. The number of non-ortho nitro benzene ring substituents is 1. The standard InChI is InChI=1S/C11H12N4O2/c1-8-9(7-13-14-8)6-12-10-3-2-4-11(5-10)15(16)17/h2-5,7,12H,6H2,1H3,(H,13,14). The Bertz CT molecular complexity index is 536. The lowest BCUT2D eigenvalue weighted by Gasteiger charge is -2.05. The second-order valence-corrected chi connectivity index (χ2v) is 3.68. The summed E-state index contributed by atoms with van der Waals surface area (Å²) in [5, 5.41) is 20.5. The Hall–Kier alpha value is -2.37. The molecule has 0 bridgehead atoms. The third-order valence-electron chi connectivity index (χ3n) is 2.47. The van der Waals surface area contributed by atoms with Gasteiger partial charge in [-0.1, -0.05) is 6.07 Å². The summed E-state index contributed by atoms with van der Waals surface area (Å²) in [6.45, 7) is 2.51.